The lowest BCUT2D eigenvalue weighted by Crippen LogP contribution is -2.48. The van der Waals surface area contributed by atoms with Crippen molar-refractivity contribution in [3.63, 3.8) is 0 Å². The van der Waals surface area contributed by atoms with Gasteiger partial charge < -0.3 is 4.74 Å². The smallest absolute Gasteiger partial charge is 0.334 e. The van der Waals surface area contributed by atoms with Gasteiger partial charge in [0.15, 0.2) is 0 Å². The molecule has 2 aliphatic heterocycles. The summed E-state index contributed by atoms with van der Waals surface area (Å²) >= 11 is 0. The highest BCUT2D eigenvalue weighted by Crippen LogP contribution is 2.39. The molecule has 1 saturated heterocycles. The first-order valence-electron chi connectivity index (χ1n) is 9.68. The largest absolute Gasteiger partial charge is 0.489 e. The normalized spacial score (nSPS) is 18.7. The summed E-state index contributed by atoms with van der Waals surface area (Å²) in [6.07, 6.45) is 0. The van der Waals surface area contributed by atoms with Crippen molar-refractivity contribution < 1.29 is 23.9 Å². The Balaban J connectivity index is 1.67. The summed E-state index contributed by atoms with van der Waals surface area (Å²) in [6.45, 7) is 2.98. The molecule has 1 atom stereocenters. The molecule has 0 aromatic heterocycles. The summed E-state index contributed by atoms with van der Waals surface area (Å²) in [5, 5.41) is 0. The molecule has 4 rings (SSSR count). The van der Waals surface area contributed by atoms with E-state index < -0.39 is 42.4 Å². The maximum Gasteiger partial charge on any atom is 0.334 e. The molecule has 8 heteroatoms. The Kier molecular flexibility index (Phi) is 4.99. The quantitative estimate of drug-likeness (QED) is 0.574. The number of urea groups is 1. The van der Waals surface area contributed by atoms with Crippen LogP contribution in [0.25, 0.3) is 0 Å². The zero-order chi connectivity index (χ0) is 21.4. The molecule has 8 nitrogen and oxygen atoms in total. The third-order valence-corrected chi connectivity index (χ3v) is 5.18. The second-order valence-electron chi connectivity index (χ2n) is 7.41. The van der Waals surface area contributed by atoms with Crippen LogP contribution in [0.1, 0.15) is 25.5 Å². The molecule has 0 saturated carbocycles. The first-order chi connectivity index (χ1) is 14.4. The molecule has 154 valence electrons. The fraction of sp³-hybridized carbons (Fsp3) is 0.273. The number of fused-ring (bicyclic) bond motifs is 1. The Labute approximate surface area is 173 Å². The van der Waals surface area contributed by atoms with Gasteiger partial charge in [-0.2, -0.15) is 0 Å². The summed E-state index contributed by atoms with van der Waals surface area (Å²) in [7, 11) is 0. The lowest BCUT2D eigenvalue weighted by atomic mass is 10.0. The predicted molar refractivity (Wildman–Crippen MR) is 108 cm³/mol. The van der Waals surface area contributed by atoms with Crippen LogP contribution < -0.4 is 9.64 Å². The van der Waals surface area contributed by atoms with Gasteiger partial charge in [0.2, 0.25) is 5.91 Å². The summed E-state index contributed by atoms with van der Waals surface area (Å²) in [6, 6.07) is 14.8. The number of anilines is 1. The van der Waals surface area contributed by atoms with Crippen LogP contribution >= 0.6 is 0 Å². The van der Waals surface area contributed by atoms with Gasteiger partial charge in [-0.3, -0.25) is 24.2 Å². The fourth-order valence-electron chi connectivity index (χ4n) is 3.75. The van der Waals surface area contributed by atoms with E-state index in [2.05, 4.69) is 0 Å². The molecule has 2 aromatic carbocycles. The first-order valence-corrected chi connectivity index (χ1v) is 9.68. The van der Waals surface area contributed by atoms with Gasteiger partial charge in [-0.15, -0.1) is 0 Å². The van der Waals surface area contributed by atoms with Crippen LogP contribution in [0.4, 0.5) is 10.5 Å². The van der Waals surface area contributed by atoms with Crippen molar-refractivity contribution in [2.24, 2.45) is 0 Å². The number of imide groups is 2. The van der Waals surface area contributed by atoms with Gasteiger partial charge in [0.1, 0.15) is 18.9 Å². The number of nitrogens with zero attached hydrogens (tertiary/aromatic N) is 3. The number of ether oxygens (including phenoxy) is 1. The number of para-hydroxylation sites is 2. The SMILES string of the molecule is CC(C)N1C(=O)C(=O)N(CC(=O)N2c3ccccc3OC[C@@H]2c2ccccc2)C1=O. The van der Waals surface area contributed by atoms with Crippen LogP contribution in [0.15, 0.2) is 54.6 Å². The van der Waals surface area contributed by atoms with E-state index in [1.807, 2.05) is 30.3 Å². The van der Waals surface area contributed by atoms with Gasteiger partial charge in [-0.1, -0.05) is 42.5 Å². The standard InChI is InChI=1S/C22H21N3O5/c1-14(2)24-21(28)20(27)23(22(24)29)12-19(26)25-16-10-6-7-11-18(16)30-13-17(25)15-8-4-3-5-9-15/h3-11,14,17H,12-13H2,1-2H3/t17-/m1/s1. The number of benzene rings is 2. The number of hydrogen-bond acceptors (Lipinski definition) is 5. The van der Waals surface area contributed by atoms with Crippen molar-refractivity contribution >= 4 is 29.4 Å². The van der Waals surface area contributed by atoms with E-state index in [-0.39, 0.29) is 6.61 Å². The maximum atomic E-state index is 13.4. The number of hydrogen-bond donors (Lipinski definition) is 0. The predicted octanol–water partition coefficient (Wildman–Crippen LogP) is 2.35. The minimum atomic E-state index is -0.986. The van der Waals surface area contributed by atoms with Crippen molar-refractivity contribution in [1.29, 1.82) is 0 Å². The molecule has 0 unspecified atom stereocenters. The molecule has 2 aliphatic rings. The van der Waals surface area contributed by atoms with E-state index in [1.54, 1.807) is 38.1 Å². The van der Waals surface area contributed by atoms with Gasteiger partial charge in [-0.25, -0.2) is 9.69 Å². The zero-order valence-electron chi connectivity index (χ0n) is 16.6. The van der Waals surface area contributed by atoms with Crippen molar-refractivity contribution in [3.05, 3.63) is 60.2 Å². The second-order valence-corrected chi connectivity index (χ2v) is 7.41. The average Bonchev–Trinajstić information content (AvgIpc) is 2.96. The number of carbonyl (C=O) groups excluding carboxylic acids is 4. The maximum absolute atomic E-state index is 13.4. The minimum Gasteiger partial charge on any atom is -0.489 e. The summed E-state index contributed by atoms with van der Waals surface area (Å²) in [5.74, 6) is -1.83. The monoisotopic (exact) mass is 407 g/mol. The Hall–Kier alpha value is -3.68. The molecular formula is C22H21N3O5. The Morgan fingerprint density at radius 3 is 2.33 bits per heavy atom. The summed E-state index contributed by atoms with van der Waals surface area (Å²) < 4.78 is 5.84. The van der Waals surface area contributed by atoms with Gasteiger partial charge in [0.05, 0.1) is 11.7 Å². The van der Waals surface area contributed by atoms with Crippen molar-refractivity contribution in [3.8, 4) is 5.75 Å². The van der Waals surface area contributed by atoms with E-state index in [9.17, 15) is 19.2 Å². The molecule has 1 fully saturated rings. The average molecular weight is 407 g/mol. The van der Waals surface area contributed by atoms with Crippen molar-refractivity contribution in [2.45, 2.75) is 25.9 Å². The molecule has 0 bridgehead atoms. The van der Waals surface area contributed by atoms with Crippen molar-refractivity contribution in [1.82, 2.24) is 9.80 Å². The van der Waals surface area contributed by atoms with E-state index in [1.165, 1.54) is 4.90 Å². The van der Waals surface area contributed by atoms with Crippen LogP contribution in [0.5, 0.6) is 5.75 Å². The van der Waals surface area contributed by atoms with Crippen LogP contribution in [-0.2, 0) is 14.4 Å². The lowest BCUT2D eigenvalue weighted by Gasteiger charge is -2.37. The Morgan fingerprint density at radius 1 is 1.00 bits per heavy atom. The van der Waals surface area contributed by atoms with Crippen molar-refractivity contribution in [2.75, 3.05) is 18.1 Å². The Morgan fingerprint density at radius 2 is 1.67 bits per heavy atom. The Bertz CT molecular complexity index is 1020. The number of rotatable bonds is 4. The van der Waals surface area contributed by atoms with E-state index in [4.69, 9.17) is 4.74 Å². The molecule has 2 heterocycles. The van der Waals surface area contributed by atoms with Crippen LogP contribution in [-0.4, -0.2) is 52.7 Å². The molecule has 0 aliphatic carbocycles. The third-order valence-electron chi connectivity index (χ3n) is 5.18. The molecule has 0 spiro atoms. The van der Waals surface area contributed by atoms with Gasteiger partial charge in [0.25, 0.3) is 0 Å². The topological polar surface area (TPSA) is 87.2 Å². The molecule has 2 aromatic rings. The minimum absolute atomic E-state index is 0.228. The lowest BCUT2D eigenvalue weighted by molar-refractivity contribution is -0.144. The summed E-state index contributed by atoms with van der Waals surface area (Å²) in [4.78, 5) is 53.6. The number of amides is 5. The zero-order valence-corrected chi connectivity index (χ0v) is 16.6. The van der Waals surface area contributed by atoms with Gasteiger partial charge >= 0.3 is 17.8 Å². The molecular weight excluding hydrogens is 386 g/mol. The van der Waals surface area contributed by atoms with E-state index in [0.717, 1.165) is 10.5 Å². The molecule has 5 amide bonds. The molecule has 0 N–H and O–H groups in total. The van der Waals surface area contributed by atoms with Crippen LogP contribution in [0, 0.1) is 0 Å². The van der Waals surface area contributed by atoms with Crippen LogP contribution in [0.3, 0.4) is 0 Å². The van der Waals surface area contributed by atoms with E-state index in [0.29, 0.717) is 16.3 Å². The first kappa shape index (κ1) is 19.6. The van der Waals surface area contributed by atoms with E-state index >= 15 is 0 Å². The highest BCUT2D eigenvalue weighted by Gasteiger charge is 2.47. The fourth-order valence-corrected chi connectivity index (χ4v) is 3.75. The number of carbonyl (C=O) groups is 4. The van der Waals surface area contributed by atoms with Crippen LogP contribution in [0.2, 0.25) is 0 Å². The second kappa shape index (κ2) is 7.62. The molecule has 30 heavy (non-hydrogen) atoms. The van der Waals surface area contributed by atoms with Gasteiger partial charge in [0, 0.05) is 6.04 Å². The highest BCUT2D eigenvalue weighted by molar-refractivity contribution is 6.45. The molecule has 0 radical (unpaired) electrons. The highest BCUT2D eigenvalue weighted by atomic mass is 16.5. The summed E-state index contributed by atoms with van der Waals surface area (Å²) in [5.41, 5.74) is 1.41. The third kappa shape index (κ3) is 3.20. The van der Waals surface area contributed by atoms with Gasteiger partial charge in [-0.05, 0) is 31.5 Å².